The van der Waals surface area contributed by atoms with Crippen molar-refractivity contribution in [2.45, 2.75) is 18.9 Å². The molecule has 1 atom stereocenters. The van der Waals surface area contributed by atoms with Crippen LogP contribution in [0.25, 0.3) is 10.9 Å². The minimum absolute atomic E-state index is 0.331. The number of likely N-dealkylation sites (tertiary alicyclic amines) is 1. The van der Waals surface area contributed by atoms with Gasteiger partial charge in [-0.25, -0.2) is 9.78 Å². The standard InChI is InChI=1S/C13H12ClN3O3/c14-7-3-1-4-8-10(7)12(18)16-11(15-8)9-5-2-6-17(9)13(19)20/h1,3-4,9H,2,5-6H2,(H,19,20)(H,15,16,18). The van der Waals surface area contributed by atoms with E-state index in [1.54, 1.807) is 18.2 Å². The highest BCUT2D eigenvalue weighted by molar-refractivity contribution is 6.35. The number of rotatable bonds is 1. The van der Waals surface area contributed by atoms with Crippen molar-refractivity contribution < 1.29 is 9.90 Å². The number of aromatic amines is 1. The van der Waals surface area contributed by atoms with Crippen molar-refractivity contribution in [2.24, 2.45) is 0 Å². The van der Waals surface area contributed by atoms with E-state index in [1.807, 2.05) is 0 Å². The van der Waals surface area contributed by atoms with Gasteiger partial charge in [-0.3, -0.25) is 9.69 Å². The number of fused-ring (bicyclic) bond motifs is 1. The first-order valence-corrected chi connectivity index (χ1v) is 6.63. The number of nitrogens with one attached hydrogen (secondary N) is 1. The summed E-state index contributed by atoms with van der Waals surface area (Å²) in [5, 5.41) is 9.83. The van der Waals surface area contributed by atoms with Crippen molar-refractivity contribution in [3.05, 3.63) is 39.4 Å². The van der Waals surface area contributed by atoms with Gasteiger partial charge in [0.05, 0.1) is 22.0 Å². The lowest BCUT2D eigenvalue weighted by Gasteiger charge is -2.20. The maximum atomic E-state index is 12.1. The van der Waals surface area contributed by atoms with Crippen molar-refractivity contribution in [3.63, 3.8) is 0 Å². The second kappa shape index (κ2) is 4.79. The Morgan fingerprint density at radius 1 is 1.50 bits per heavy atom. The van der Waals surface area contributed by atoms with Crippen molar-refractivity contribution in [3.8, 4) is 0 Å². The molecule has 3 rings (SSSR count). The van der Waals surface area contributed by atoms with Crippen molar-refractivity contribution in [2.75, 3.05) is 6.54 Å². The maximum absolute atomic E-state index is 12.1. The molecule has 0 bridgehead atoms. The van der Waals surface area contributed by atoms with E-state index in [1.165, 1.54) is 4.90 Å². The number of carbonyl (C=O) groups is 1. The second-order valence-electron chi connectivity index (χ2n) is 4.72. The van der Waals surface area contributed by atoms with Crippen molar-refractivity contribution in [1.29, 1.82) is 0 Å². The number of H-pyrrole nitrogens is 1. The lowest BCUT2D eigenvalue weighted by atomic mass is 10.2. The first-order valence-electron chi connectivity index (χ1n) is 6.26. The van der Waals surface area contributed by atoms with E-state index in [4.69, 9.17) is 16.7 Å². The molecule has 6 nitrogen and oxygen atoms in total. The molecule has 0 radical (unpaired) electrons. The Morgan fingerprint density at radius 3 is 3.05 bits per heavy atom. The summed E-state index contributed by atoms with van der Waals surface area (Å²) in [4.78, 5) is 31.6. The highest BCUT2D eigenvalue weighted by Gasteiger charge is 2.31. The third-order valence-corrected chi connectivity index (χ3v) is 3.83. The second-order valence-corrected chi connectivity index (χ2v) is 5.13. The Bertz CT molecular complexity index is 743. The molecule has 2 heterocycles. The molecule has 1 aliphatic heterocycles. The predicted octanol–water partition coefficient (Wildman–Crippen LogP) is 2.39. The van der Waals surface area contributed by atoms with Gasteiger partial charge in [0.25, 0.3) is 5.56 Å². The number of nitrogens with zero attached hydrogens (tertiary/aromatic N) is 2. The van der Waals surface area contributed by atoms with Gasteiger partial charge in [-0.1, -0.05) is 17.7 Å². The number of aromatic nitrogens is 2. The van der Waals surface area contributed by atoms with E-state index < -0.39 is 12.1 Å². The van der Waals surface area contributed by atoms with Crippen LogP contribution in [0.2, 0.25) is 5.02 Å². The minimum atomic E-state index is -0.999. The molecular weight excluding hydrogens is 282 g/mol. The summed E-state index contributed by atoms with van der Waals surface area (Å²) in [7, 11) is 0. The molecular formula is C13H12ClN3O3. The van der Waals surface area contributed by atoms with E-state index in [-0.39, 0.29) is 5.56 Å². The van der Waals surface area contributed by atoms with Crippen molar-refractivity contribution in [1.82, 2.24) is 14.9 Å². The van der Waals surface area contributed by atoms with E-state index in [0.717, 1.165) is 6.42 Å². The Balaban J connectivity index is 2.14. The normalized spacial score (nSPS) is 18.6. The van der Waals surface area contributed by atoms with Crippen LogP contribution in [0.15, 0.2) is 23.0 Å². The molecule has 1 aromatic heterocycles. The topological polar surface area (TPSA) is 86.3 Å². The molecule has 2 N–H and O–H groups in total. The molecule has 1 aliphatic rings. The minimum Gasteiger partial charge on any atom is -0.465 e. The van der Waals surface area contributed by atoms with Crippen LogP contribution < -0.4 is 5.56 Å². The summed E-state index contributed by atoms with van der Waals surface area (Å²) in [5.74, 6) is 0.379. The van der Waals surface area contributed by atoms with E-state index >= 15 is 0 Å². The Labute approximate surface area is 119 Å². The van der Waals surface area contributed by atoms with Gasteiger partial charge in [0.2, 0.25) is 0 Å². The first kappa shape index (κ1) is 12.9. The molecule has 7 heteroatoms. The Hall–Kier alpha value is -2.08. The van der Waals surface area contributed by atoms with Gasteiger partial charge in [0, 0.05) is 6.54 Å². The molecule has 0 saturated carbocycles. The number of benzene rings is 1. The fourth-order valence-corrected chi connectivity index (χ4v) is 2.86. The van der Waals surface area contributed by atoms with Crippen LogP contribution in [0.4, 0.5) is 4.79 Å². The fraction of sp³-hybridized carbons (Fsp3) is 0.308. The van der Waals surface area contributed by atoms with Gasteiger partial charge in [0.15, 0.2) is 0 Å². The van der Waals surface area contributed by atoms with Crippen LogP contribution in [0.1, 0.15) is 24.7 Å². The molecule has 1 unspecified atom stereocenters. The summed E-state index contributed by atoms with van der Waals surface area (Å²) in [6.07, 6.45) is 0.414. The lowest BCUT2D eigenvalue weighted by Crippen LogP contribution is -2.31. The quantitative estimate of drug-likeness (QED) is 0.845. The van der Waals surface area contributed by atoms with E-state index in [0.29, 0.717) is 34.7 Å². The monoisotopic (exact) mass is 293 g/mol. The number of hydrogen-bond donors (Lipinski definition) is 2. The highest BCUT2D eigenvalue weighted by Crippen LogP contribution is 2.30. The number of hydrogen-bond acceptors (Lipinski definition) is 3. The Morgan fingerprint density at radius 2 is 2.30 bits per heavy atom. The lowest BCUT2D eigenvalue weighted by molar-refractivity contribution is 0.138. The molecule has 1 saturated heterocycles. The SMILES string of the molecule is O=C(O)N1CCCC1c1nc2cccc(Cl)c2c(=O)[nH]1. The average molecular weight is 294 g/mol. The Kier molecular flexibility index (Phi) is 3.10. The van der Waals surface area contributed by atoms with E-state index in [2.05, 4.69) is 9.97 Å². The molecule has 1 aromatic carbocycles. The number of halogens is 1. The van der Waals surface area contributed by atoms with Gasteiger partial charge < -0.3 is 10.1 Å². The largest absolute Gasteiger partial charge is 0.465 e. The third kappa shape index (κ3) is 2.02. The van der Waals surface area contributed by atoms with Crippen LogP contribution in [0, 0.1) is 0 Å². The zero-order chi connectivity index (χ0) is 14.3. The molecule has 20 heavy (non-hydrogen) atoms. The summed E-state index contributed by atoms with van der Waals surface area (Å²) >= 11 is 5.99. The van der Waals surface area contributed by atoms with Gasteiger partial charge in [-0.05, 0) is 25.0 Å². The third-order valence-electron chi connectivity index (χ3n) is 3.52. The zero-order valence-electron chi connectivity index (χ0n) is 10.5. The van der Waals surface area contributed by atoms with Crippen LogP contribution >= 0.6 is 11.6 Å². The van der Waals surface area contributed by atoms with Crippen LogP contribution in [-0.2, 0) is 0 Å². The van der Waals surface area contributed by atoms with Crippen molar-refractivity contribution >= 4 is 28.6 Å². The number of amides is 1. The maximum Gasteiger partial charge on any atom is 0.407 e. The van der Waals surface area contributed by atoms with E-state index in [9.17, 15) is 9.59 Å². The molecule has 0 aliphatic carbocycles. The molecule has 104 valence electrons. The summed E-state index contributed by atoms with van der Waals surface area (Å²) in [5.41, 5.74) is 0.140. The summed E-state index contributed by atoms with van der Waals surface area (Å²) in [6, 6.07) is 4.63. The van der Waals surface area contributed by atoms with Crippen LogP contribution in [-0.4, -0.2) is 32.6 Å². The summed E-state index contributed by atoms with van der Waals surface area (Å²) in [6.45, 7) is 0.456. The highest BCUT2D eigenvalue weighted by atomic mass is 35.5. The van der Waals surface area contributed by atoms with Crippen LogP contribution in [0.3, 0.4) is 0 Å². The molecule has 1 fully saturated rings. The van der Waals surface area contributed by atoms with Crippen LogP contribution in [0.5, 0.6) is 0 Å². The smallest absolute Gasteiger partial charge is 0.407 e. The van der Waals surface area contributed by atoms with Gasteiger partial charge >= 0.3 is 6.09 Å². The van der Waals surface area contributed by atoms with Gasteiger partial charge in [-0.15, -0.1) is 0 Å². The average Bonchev–Trinajstić information content (AvgIpc) is 2.87. The molecule has 2 aromatic rings. The summed E-state index contributed by atoms with van der Waals surface area (Å²) < 4.78 is 0. The first-order chi connectivity index (χ1) is 9.58. The number of carboxylic acid groups (broad SMARTS) is 1. The molecule has 0 spiro atoms. The fourth-order valence-electron chi connectivity index (χ4n) is 2.60. The van der Waals surface area contributed by atoms with Gasteiger partial charge in [-0.2, -0.15) is 0 Å². The van der Waals surface area contributed by atoms with Gasteiger partial charge in [0.1, 0.15) is 5.82 Å². The molecule has 1 amide bonds. The predicted molar refractivity (Wildman–Crippen MR) is 74.1 cm³/mol. The zero-order valence-corrected chi connectivity index (χ0v) is 11.2.